The summed E-state index contributed by atoms with van der Waals surface area (Å²) >= 11 is 0. The van der Waals surface area contributed by atoms with E-state index in [4.69, 9.17) is 10.3 Å². The molecule has 0 radical (unpaired) electrons. The predicted molar refractivity (Wildman–Crippen MR) is 45.6 cm³/mol. The van der Waals surface area contributed by atoms with Crippen molar-refractivity contribution in [3.05, 3.63) is 12.2 Å². The zero-order valence-corrected chi connectivity index (χ0v) is 7.44. The zero-order valence-electron chi connectivity index (χ0n) is 7.44. The molecule has 2 aliphatic carbocycles. The minimum absolute atomic E-state index is 0.282. The second kappa shape index (κ2) is 2.32. The van der Waals surface area contributed by atoms with E-state index in [1.165, 1.54) is 25.7 Å². The van der Waals surface area contributed by atoms with E-state index in [0.717, 1.165) is 12.3 Å². The van der Waals surface area contributed by atoms with Gasteiger partial charge in [0.15, 0.2) is 5.82 Å². The van der Waals surface area contributed by atoms with Crippen LogP contribution in [-0.4, -0.2) is 10.1 Å². The molecule has 2 saturated carbocycles. The number of hydrogen-bond donors (Lipinski definition) is 1. The fourth-order valence-corrected chi connectivity index (χ4v) is 3.02. The van der Waals surface area contributed by atoms with Gasteiger partial charge in [0.25, 0.3) is 0 Å². The molecule has 1 aromatic rings. The highest BCUT2D eigenvalue weighted by Gasteiger charge is 2.51. The molecule has 0 aliphatic heterocycles. The lowest BCUT2D eigenvalue weighted by molar-refractivity contribution is 0.251. The number of aromatic nitrogens is 2. The van der Waals surface area contributed by atoms with Crippen molar-refractivity contribution in [1.29, 1.82) is 0 Å². The van der Waals surface area contributed by atoms with E-state index in [-0.39, 0.29) is 5.54 Å². The lowest BCUT2D eigenvalue weighted by Crippen LogP contribution is -2.42. The minimum Gasteiger partial charge on any atom is -0.343 e. The molecule has 4 nitrogen and oxygen atoms in total. The summed E-state index contributed by atoms with van der Waals surface area (Å²) in [5, 5.41) is 3.88. The Morgan fingerprint density at radius 3 is 3.00 bits per heavy atom. The van der Waals surface area contributed by atoms with Gasteiger partial charge < -0.3 is 10.3 Å². The van der Waals surface area contributed by atoms with Crippen LogP contribution in [0.3, 0.4) is 0 Å². The summed E-state index contributed by atoms with van der Waals surface area (Å²) in [6, 6.07) is 0. The second-order valence-electron chi connectivity index (χ2n) is 4.38. The van der Waals surface area contributed by atoms with Gasteiger partial charge in [-0.3, -0.25) is 0 Å². The second-order valence-corrected chi connectivity index (χ2v) is 4.38. The molecule has 2 aliphatic rings. The van der Waals surface area contributed by atoms with Crippen LogP contribution in [0.15, 0.2) is 10.9 Å². The van der Waals surface area contributed by atoms with E-state index in [1.807, 2.05) is 0 Å². The Balaban J connectivity index is 1.98. The normalized spacial score (nSPS) is 42.8. The third-order valence-electron chi connectivity index (χ3n) is 3.67. The Bertz CT molecular complexity index is 311. The lowest BCUT2D eigenvalue weighted by Gasteiger charge is -2.30. The first-order valence-electron chi connectivity index (χ1n) is 4.85. The molecule has 3 unspecified atom stereocenters. The monoisotopic (exact) mass is 179 g/mol. The van der Waals surface area contributed by atoms with Crippen molar-refractivity contribution in [2.24, 2.45) is 17.6 Å². The average Bonchev–Trinajstić information content (AvgIpc) is 2.79. The smallest absolute Gasteiger partial charge is 0.213 e. The quantitative estimate of drug-likeness (QED) is 0.699. The van der Waals surface area contributed by atoms with Gasteiger partial charge in [0.05, 0.1) is 5.54 Å². The number of nitrogens with zero attached hydrogens (tertiary/aromatic N) is 2. The maximum absolute atomic E-state index is 6.33. The van der Waals surface area contributed by atoms with E-state index < -0.39 is 0 Å². The van der Waals surface area contributed by atoms with Crippen LogP contribution in [0, 0.1) is 11.8 Å². The highest BCUT2D eigenvalue weighted by Crippen LogP contribution is 2.53. The molecule has 13 heavy (non-hydrogen) atoms. The first-order chi connectivity index (χ1) is 6.29. The summed E-state index contributed by atoms with van der Waals surface area (Å²) in [7, 11) is 0. The number of nitrogens with two attached hydrogens (primary N) is 1. The van der Waals surface area contributed by atoms with Crippen molar-refractivity contribution in [3.8, 4) is 0 Å². The minimum atomic E-state index is -0.282. The molecule has 0 spiro atoms. The molecular weight excluding hydrogens is 166 g/mol. The summed E-state index contributed by atoms with van der Waals surface area (Å²) in [4.78, 5) is 4.09. The van der Waals surface area contributed by atoms with Gasteiger partial charge in [0, 0.05) is 0 Å². The number of hydrogen-bond acceptors (Lipinski definition) is 4. The number of rotatable bonds is 1. The molecule has 2 bridgehead atoms. The Labute approximate surface area is 76.5 Å². The molecule has 3 rings (SSSR count). The van der Waals surface area contributed by atoms with Crippen molar-refractivity contribution in [1.82, 2.24) is 10.1 Å². The Hall–Kier alpha value is -0.900. The molecule has 1 aromatic heterocycles. The first kappa shape index (κ1) is 7.50. The van der Waals surface area contributed by atoms with Crippen LogP contribution in [0.4, 0.5) is 0 Å². The van der Waals surface area contributed by atoms with Gasteiger partial charge in [-0.05, 0) is 31.1 Å². The van der Waals surface area contributed by atoms with Crippen LogP contribution in [0.5, 0.6) is 0 Å². The van der Waals surface area contributed by atoms with Crippen molar-refractivity contribution in [3.63, 3.8) is 0 Å². The SMILES string of the molecule is NC1(c2ncon2)CC2CCC1C2. The van der Waals surface area contributed by atoms with Crippen LogP contribution >= 0.6 is 0 Å². The average molecular weight is 179 g/mol. The summed E-state index contributed by atoms with van der Waals surface area (Å²) in [6.07, 6.45) is 6.23. The Morgan fingerprint density at radius 1 is 1.54 bits per heavy atom. The van der Waals surface area contributed by atoms with Gasteiger partial charge in [0.2, 0.25) is 6.39 Å². The van der Waals surface area contributed by atoms with Crippen LogP contribution < -0.4 is 5.73 Å². The van der Waals surface area contributed by atoms with Gasteiger partial charge in [-0.2, -0.15) is 4.98 Å². The maximum atomic E-state index is 6.33. The van der Waals surface area contributed by atoms with Crippen LogP contribution in [0.25, 0.3) is 0 Å². The molecule has 0 aromatic carbocycles. The van der Waals surface area contributed by atoms with Crippen molar-refractivity contribution in [2.75, 3.05) is 0 Å². The van der Waals surface area contributed by atoms with Crippen LogP contribution in [0.1, 0.15) is 31.5 Å². The molecule has 2 fully saturated rings. The zero-order chi connectivity index (χ0) is 8.89. The molecule has 4 heteroatoms. The highest BCUT2D eigenvalue weighted by atomic mass is 16.5. The Kier molecular flexibility index (Phi) is 1.34. The fourth-order valence-electron chi connectivity index (χ4n) is 3.02. The van der Waals surface area contributed by atoms with Crippen LogP contribution in [0.2, 0.25) is 0 Å². The standard InChI is InChI=1S/C9H13N3O/c10-9(8-11-5-13-12-8)4-6-1-2-7(9)3-6/h5-7H,1-4,10H2. The molecule has 0 saturated heterocycles. The van der Waals surface area contributed by atoms with Gasteiger partial charge >= 0.3 is 0 Å². The summed E-state index contributed by atoms with van der Waals surface area (Å²) in [5.74, 6) is 2.09. The lowest BCUT2D eigenvalue weighted by atomic mass is 9.81. The van der Waals surface area contributed by atoms with Crippen molar-refractivity contribution >= 4 is 0 Å². The van der Waals surface area contributed by atoms with Gasteiger partial charge in [-0.1, -0.05) is 11.6 Å². The first-order valence-corrected chi connectivity index (χ1v) is 4.85. The number of fused-ring (bicyclic) bond motifs is 2. The van der Waals surface area contributed by atoms with Gasteiger partial charge in [0.1, 0.15) is 0 Å². The van der Waals surface area contributed by atoms with E-state index in [9.17, 15) is 0 Å². The van der Waals surface area contributed by atoms with Gasteiger partial charge in [-0.25, -0.2) is 0 Å². The molecular formula is C9H13N3O. The van der Waals surface area contributed by atoms with E-state index >= 15 is 0 Å². The molecule has 2 N–H and O–H groups in total. The molecule has 0 amide bonds. The molecule has 70 valence electrons. The predicted octanol–water partition coefficient (Wildman–Crippen LogP) is 1.04. The van der Waals surface area contributed by atoms with Crippen molar-refractivity contribution in [2.45, 2.75) is 31.2 Å². The third kappa shape index (κ3) is 0.892. The van der Waals surface area contributed by atoms with Crippen LogP contribution in [-0.2, 0) is 5.54 Å². The molecule has 1 heterocycles. The summed E-state index contributed by atoms with van der Waals surface area (Å²) in [5.41, 5.74) is 6.04. The van der Waals surface area contributed by atoms with E-state index in [2.05, 4.69) is 10.1 Å². The molecule has 3 atom stereocenters. The van der Waals surface area contributed by atoms with Crippen molar-refractivity contribution < 1.29 is 4.52 Å². The van der Waals surface area contributed by atoms with E-state index in [1.54, 1.807) is 0 Å². The Morgan fingerprint density at radius 2 is 2.46 bits per heavy atom. The maximum Gasteiger partial charge on any atom is 0.213 e. The van der Waals surface area contributed by atoms with Gasteiger partial charge in [-0.15, -0.1) is 0 Å². The topological polar surface area (TPSA) is 64.9 Å². The van der Waals surface area contributed by atoms with E-state index in [0.29, 0.717) is 11.7 Å². The fraction of sp³-hybridized carbons (Fsp3) is 0.778. The third-order valence-corrected chi connectivity index (χ3v) is 3.67. The highest BCUT2D eigenvalue weighted by molar-refractivity contribution is 5.13. The largest absolute Gasteiger partial charge is 0.343 e. The summed E-state index contributed by atoms with van der Waals surface area (Å²) in [6.45, 7) is 0. The summed E-state index contributed by atoms with van der Waals surface area (Å²) < 4.78 is 4.76.